The van der Waals surface area contributed by atoms with E-state index in [9.17, 15) is 0 Å². The topological polar surface area (TPSA) is 24.1 Å². The SMILES string of the molecule is CC1=C(C)NNC=C1. The lowest BCUT2D eigenvalue weighted by Gasteiger charge is -2.12. The summed E-state index contributed by atoms with van der Waals surface area (Å²) in [5, 5.41) is 0. The molecule has 0 saturated carbocycles. The van der Waals surface area contributed by atoms with Gasteiger partial charge in [-0.25, -0.2) is 0 Å². The van der Waals surface area contributed by atoms with E-state index >= 15 is 0 Å². The van der Waals surface area contributed by atoms with Crippen molar-refractivity contribution in [3.8, 4) is 0 Å². The van der Waals surface area contributed by atoms with E-state index in [0.717, 1.165) is 0 Å². The fourth-order valence-electron chi connectivity index (χ4n) is 0.540. The van der Waals surface area contributed by atoms with Crippen LogP contribution in [0.25, 0.3) is 0 Å². The molecule has 2 nitrogen and oxygen atoms in total. The fourth-order valence-corrected chi connectivity index (χ4v) is 0.540. The third-order valence-corrected chi connectivity index (χ3v) is 1.27. The first-order valence-electron chi connectivity index (χ1n) is 2.66. The van der Waals surface area contributed by atoms with Crippen molar-refractivity contribution in [2.45, 2.75) is 13.8 Å². The second-order valence-electron chi connectivity index (χ2n) is 1.91. The van der Waals surface area contributed by atoms with Crippen molar-refractivity contribution in [1.82, 2.24) is 10.9 Å². The maximum absolute atomic E-state index is 2.97. The van der Waals surface area contributed by atoms with E-state index in [-0.39, 0.29) is 0 Å². The summed E-state index contributed by atoms with van der Waals surface area (Å²) >= 11 is 0. The average Bonchev–Trinajstić information content (AvgIpc) is 1.77. The van der Waals surface area contributed by atoms with Gasteiger partial charge in [0.15, 0.2) is 0 Å². The first kappa shape index (κ1) is 5.22. The van der Waals surface area contributed by atoms with Gasteiger partial charge < -0.3 is 10.9 Å². The summed E-state index contributed by atoms with van der Waals surface area (Å²) < 4.78 is 0. The molecule has 1 heterocycles. The van der Waals surface area contributed by atoms with Gasteiger partial charge in [-0.05, 0) is 25.5 Å². The lowest BCUT2D eigenvalue weighted by Crippen LogP contribution is -2.27. The molecule has 0 unspecified atom stereocenters. The largest absolute Gasteiger partial charge is 0.308 e. The molecule has 8 heavy (non-hydrogen) atoms. The number of hydrazine groups is 1. The second-order valence-corrected chi connectivity index (χ2v) is 1.91. The maximum atomic E-state index is 2.97. The Balaban J connectivity index is 2.76. The van der Waals surface area contributed by atoms with E-state index in [1.54, 1.807) is 0 Å². The van der Waals surface area contributed by atoms with Crippen molar-refractivity contribution in [3.05, 3.63) is 23.5 Å². The molecule has 1 rings (SSSR count). The zero-order chi connectivity index (χ0) is 5.98. The number of hydrogen-bond acceptors (Lipinski definition) is 2. The molecule has 0 aromatic carbocycles. The normalized spacial score (nSPS) is 17.8. The van der Waals surface area contributed by atoms with Crippen molar-refractivity contribution in [1.29, 1.82) is 0 Å². The highest BCUT2D eigenvalue weighted by molar-refractivity contribution is 5.23. The number of nitrogens with one attached hydrogen (secondary N) is 2. The molecule has 0 aromatic heterocycles. The van der Waals surface area contributed by atoms with Gasteiger partial charge in [-0.1, -0.05) is 0 Å². The molecule has 0 amide bonds. The van der Waals surface area contributed by atoms with Crippen LogP contribution in [0.4, 0.5) is 0 Å². The van der Waals surface area contributed by atoms with E-state index in [0.29, 0.717) is 0 Å². The van der Waals surface area contributed by atoms with Crippen LogP contribution in [-0.2, 0) is 0 Å². The highest BCUT2D eigenvalue weighted by atomic mass is 15.3. The van der Waals surface area contributed by atoms with Gasteiger partial charge in [-0.2, -0.15) is 0 Å². The van der Waals surface area contributed by atoms with Gasteiger partial charge in [0.1, 0.15) is 0 Å². The molecule has 1 aliphatic rings. The summed E-state index contributed by atoms with van der Waals surface area (Å²) in [5.74, 6) is 0. The lowest BCUT2D eigenvalue weighted by molar-refractivity contribution is 0.708. The van der Waals surface area contributed by atoms with Gasteiger partial charge in [0, 0.05) is 11.9 Å². The molecule has 0 fully saturated rings. The Kier molecular flexibility index (Phi) is 1.24. The first-order valence-corrected chi connectivity index (χ1v) is 2.66. The van der Waals surface area contributed by atoms with E-state index in [4.69, 9.17) is 0 Å². The smallest absolute Gasteiger partial charge is 0.0312 e. The molecule has 0 aliphatic carbocycles. The van der Waals surface area contributed by atoms with E-state index in [1.807, 2.05) is 19.2 Å². The molecule has 0 bridgehead atoms. The van der Waals surface area contributed by atoms with Gasteiger partial charge in [-0.3, -0.25) is 0 Å². The average molecular weight is 110 g/mol. The second kappa shape index (κ2) is 1.90. The third-order valence-electron chi connectivity index (χ3n) is 1.27. The fraction of sp³-hybridized carbons (Fsp3) is 0.333. The van der Waals surface area contributed by atoms with Gasteiger partial charge in [-0.15, -0.1) is 0 Å². The Morgan fingerprint density at radius 2 is 2.12 bits per heavy atom. The van der Waals surface area contributed by atoms with Crippen molar-refractivity contribution in [2.75, 3.05) is 0 Å². The van der Waals surface area contributed by atoms with Crippen LogP contribution < -0.4 is 10.9 Å². The predicted molar refractivity (Wildman–Crippen MR) is 33.8 cm³/mol. The third kappa shape index (κ3) is 0.832. The van der Waals surface area contributed by atoms with Crippen LogP contribution >= 0.6 is 0 Å². The summed E-state index contributed by atoms with van der Waals surface area (Å²) in [4.78, 5) is 0. The number of rotatable bonds is 0. The van der Waals surface area contributed by atoms with Crippen LogP contribution in [0.15, 0.2) is 23.5 Å². The zero-order valence-corrected chi connectivity index (χ0v) is 5.15. The van der Waals surface area contributed by atoms with Crippen LogP contribution in [-0.4, -0.2) is 0 Å². The Morgan fingerprint density at radius 3 is 2.50 bits per heavy atom. The molecule has 0 radical (unpaired) electrons. The molecule has 0 atom stereocenters. The highest BCUT2D eigenvalue weighted by Gasteiger charge is 1.93. The van der Waals surface area contributed by atoms with E-state index < -0.39 is 0 Å². The highest BCUT2D eigenvalue weighted by Crippen LogP contribution is 2.02. The van der Waals surface area contributed by atoms with E-state index in [2.05, 4.69) is 17.8 Å². The van der Waals surface area contributed by atoms with Crippen molar-refractivity contribution in [2.24, 2.45) is 0 Å². The van der Waals surface area contributed by atoms with Gasteiger partial charge in [0.05, 0.1) is 0 Å². The minimum absolute atomic E-state index is 1.19. The first-order chi connectivity index (χ1) is 3.80. The molecule has 1 aliphatic heterocycles. The molecular formula is C6H10N2. The Labute approximate surface area is 49.2 Å². The Morgan fingerprint density at radius 1 is 1.38 bits per heavy atom. The van der Waals surface area contributed by atoms with Crippen molar-refractivity contribution < 1.29 is 0 Å². The van der Waals surface area contributed by atoms with Crippen LogP contribution in [0.3, 0.4) is 0 Å². The lowest BCUT2D eigenvalue weighted by atomic mass is 10.2. The minimum Gasteiger partial charge on any atom is -0.308 e. The van der Waals surface area contributed by atoms with Crippen LogP contribution in [0, 0.1) is 0 Å². The summed E-state index contributed by atoms with van der Waals surface area (Å²) in [6, 6.07) is 0. The standard InChI is InChI=1S/C6H10N2/c1-5-3-4-7-8-6(5)2/h3-4,7-8H,1-2H3. The van der Waals surface area contributed by atoms with Gasteiger partial charge in [0.25, 0.3) is 0 Å². The van der Waals surface area contributed by atoms with E-state index in [1.165, 1.54) is 11.3 Å². The summed E-state index contributed by atoms with van der Waals surface area (Å²) in [7, 11) is 0. The molecule has 0 spiro atoms. The molecule has 0 aromatic rings. The molecule has 2 heteroatoms. The Bertz CT molecular complexity index is 145. The quantitative estimate of drug-likeness (QED) is 0.484. The molecular weight excluding hydrogens is 100 g/mol. The van der Waals surface area contributed by atoms with Crippen LogP contribution in [0.1, 0.15) is 13.8 Å². The minimum atomic E-state index is 1.19. The van der Waals surface area contributed by atoms with Gasteiger partial charge in [0.2, 0.25) is 0 Å². The molecule has 2 N–H and O–H groups in total. The Hall–Kier alpha value is -0.920. The van der Waals surface area contributed by atoms with Crippen LogP contribution in [0.5, 0.6) is 0 Å². The number of allylic oxidation sites excluding steroid dienone is 3. The molecule has 44 valence electrons. The number of hydrogen-bond donors (Lipinski definition) is 2. The summed E-state index contributed by atoms with van der Waals surface area (Å²) in [6.07, 6.45) is 3.91. The molecule has 0 saturated heterocycles. The van der Waals surface area contributed by atoms with Gasteiger partial charge >= 0.3 is 0 Å². The zero-order valence-electron chi connectivity index (χ0n) is 5.15. The predicted octanol–water partition coefficient (Wildman–Crippen LogP) is 0.902. The van der Waals surface area contributed by atoms with Crippen LogP contribution in [0.2, 0.25) is 0 Å². The summed E-state index contributed by atoms with van der Waals surface area (Å²) in [6.45, 7) is 4.10. The van der Waals surface area contributed by atoms with Crippen molar-refractivity contribution >= 4 is 0 Å². The maximum Gasteiger partial charge on any atom is 0.0312 e. The summed E-state index contributed by atoms with van der Waals surface area (Å²) in [5.41, 5.74) is 8.32. The monoisotopic (exact) mass is 110 g/mol. The van der Waals surface area contributed by atoms with Crippen molar-refractivity contribution in [3.63, 3.8) is 0 Å².